The minimum absolute atomic E-state index is 0.0220. The molecule has 2 aliphatic rings. The maximum Gasteiger partial charge on any atom is 0.265 e. The van der Waals surface area contributed by atoms with Crippen molar-refractivity contribution in [1.29, 1.82) is 0 Å². The monoisotopic (exact) mass is 486 g/mol. The first-order valence-electron chi connectivity index (χ1n) is 11.9. The molecule has 6 heteroatoms. The molecule has 1 aliphatic heterocycles. The number of allylic oxidation sites excluding steroid dienone is 1. The highest BCUT2D eigenvalue weighted by atomic mass is 32.2. The first-order chi connectivity index (χ1) is 16.6. The van der Waals surface area contributed by atoms with Crippen LogP contribution in [0.25, 0.3) is 0 Å². The van der Waals surface area contributed by atoms with Gasteiger partial charge in [-0.25, -0.2) is 8.42 Å². The first-order valence-corrected chi connectivity index (χ1v) is 13.3. The number of Topliss-reactive ketones (excluding diaryl/α,β-unsaturated/α-hetero) is 1. The Morgan fingerprint density at radius 2 is 1.46 bits per heavy atom. The van der Waals surface area contributed by atoms with Gasteiger partial charge in [-0.2, -0.15) is 0 Å². The van der Waals surface area contributed by atoms with E-state index in [1.807, 2.05) is 62.4 Å². The second-order valence-electron chi connectivity index (χ2n) is 10.4. The van der Waals surface area contributed by atoms with Gasteiger partial charge >= 0.3 is 0 Å². The summed E-state index contributed by atoms with van der Waals surface area (Å²) in [6.07, 6.45) is 1.02. The van der Waals surface area contributed by atoms with Crippen LogP contribution in [0.2, 0.25) is 0 Å². The Morgan fingerprint density at radius 3 is 2.11 bits per heavy atom. The number of benzene rings is 3. The topological polar surface area (TPSA) is 66.5 Å². The van der Waals surface area contributed by atoms with E-state index in [4.69, 9.17) is 0 Å². The van der Waals surface area contributed by atoms with E-state index in [9.17, 15) is 13.2 Å². The van der Waals surface area contributed by atoms with Crippen molar-refractivity contribution < 1.29 is 13.2 Å². The second-order valence-corrected chi connectivity index (χ2v) is 12.2. The fraction of sp³-hybridized carbons (Fsp3) is 0.276. The molecule has 5 rings (SSSR count). The molecular formula is C29H30N2O3S. The molecule has 0 unspecified atom stereocenters. The van der Waals surface area contributed by atoms with Crippen molar-refractivity contribution in [3.8, 4) is 0 Å². The highest BCUT2D eigenvalue weighted by molar-refractivity contribution is 7.92. The summed E-state index contributed by atoms with van der Waals surface area (Å²) < 4.78 is 30.1. The van der Waals surface area contributed by atoms with Crippen molar-refractivity contribution in [1.82, 2.24) is 0 Å². The van der Waals surface area contributed by atoms with Crippen LogP contribution in [-0.4, -0.2) is 14.2 Å². The van der Waals surface area contributed by atoms with Crippen LogP contribution < -0.4 is 9.62 Å². The van der Waals surface area contributed by atoms with Gasteiger partial charge in [0, 0.05) is 17.7 Å². The molecule has 0 aromatic heterocycles. The number of anilines is 2. The lowest BCUT2D eigenvalue weighted by Crippen LogP contribution is -2.39. The highest BCUT2D eigenvalue weighted by Crippen LogP contribution is 2.50. The molecule has 1 heterocycles. The van der Waals surface area contributed by atoms with E-state index in [0.717, 1.165) is 22.4 Å². The van der Waals surface area contributed by atoms with Crippen molar-refractivity contribution in [2.45, 2.75) is 51.5 Å². The lowest BCUT2D eigenvalue weighted by atomic mass is 9.73. The normalized spacial score (nSPS) is 19.5. The molecule has 1 aliphatic carbocycles. The Kier molecular flexibility index (Phi) is 5.59. The number of nitrogens with zero attached hydrogens (tertiary/aromatic N) is 1. The Labute approximate surface area is 207 Å². The summed E-state index contributed by atoms with van der Waals surface area (Å²) in [4.78, 5) is 13.9. The number of sulfonamides is 1. The number of aryl methyl sites for hydroxylation is 2. The van der Waals surface area contributed by atoms with E-state index in [1.54, 1.807) is 24.3 Å². The van der Waals surface area contributed by atoms with Gasteiger partial charge < -0.3 is 5.32 Å². The third kappa shape index (κ3) is 4.16. The molecular weight excluding hydrogens is 456 g/mol. The fourth-order valence-corrected chi connectivity index (χ4v) is 6.73. The molecule has 1 N–H and O–H groups in total. The van der Waals surface area contributed by atoms with Crippen LogP contribution in [0.1, 0.15) is 49.4 Å². The number of hydrogen-bond acceptors (Lipinski definition) is 4. The van der Waals surface area contributed by atoms with Gasteiger partial charge in [-0.3, -0.25) is 9.10 Å². The van der Waals surface area contributed by atoms with Crippen LogP contribution in [0.15, 0.2) is 89.0 Å². The van der Waals surface area contributed by atoms with Crippen molar-refractivity contribution in [3.05, 3.63) is 101 Å². The van der Waals surface area contributed by atoms with Gasteiger partial charge in [-0.05, 0) is 55.5 Å². The predicted octanol–water partition coefficient (Wildman–Crippen LogP) is 6.31. The average Bonchev–Trinajstić information content (AvgIpc) is 2.93. The molecule has 1 atom stereocenters. The van der Waals surface area contributed by atoms with Gasteiger partial charge in [0.05, 0.1) is 16.3 Å². The van der Waals surface area contributed by atoms with Gasteiger partial charge in [0.15, 0.2) is 5.78 Å². The fourth-order valence-electron chi connectivity index (χ4n) is 5.10. The average molecular weight is 487 g/mol. The minimum atomic E-state index is -4.02. The maximum atomic E-state index is 14.3. The molecule has 0 saturated carbocycles. The summed E-state index contributed by atoms with van der Waals surface area (Å²) in [5, 5.41) is 3.47. The standard InChI is InChI=1S/C29H30N2O3S/c1-19-9-13-21(14-10-19)28-27-24(17-29(3,4)18-26(27)32)30-23-7-5-6-8-25(23)31(28)35(33,34)22-15-11-20(2)12-16-22/h5-16,28,30H,17-18H2,1-4H3/t28-/m0/s1. The zero-order chi connectivity index (χ0) is 25.0. The zero-order valence-electron chi connectivity index (χ0n) is 20.5. The van der Waals surface area contributed by atoms with Gasteiger partial charge in [0.1, 0.15) is 6.04 Å². The Balaban J connectivity index is 1.83. The number of ketones is 1. The molecule has 3 aromatic carbocycles. The van der Waals surface area contributed by atoms with Crippen molar-refractivity contribution in [2.75, 3.05) is 9.62 Å². The largest absolute Gasteiger partial charge is 0.357 e. The van der Waals surface area contributed by atoms with Gasteiger partial charge in [-0.1, -0.05) is 73.5 Å². The van der Waals surface area contributed by atoms with Crippen LogP contribution in [0, 0.1) is 19.3 Å². The van der Waals surface area contributed by atoms with Crippen molar-refractivity contribution in [3.63, 3.8) is 0 Å². The zero-order valence-corrected chi connectivity index (χ0v) is 21.3. The highest BCUT2D eigenvalue weighted by Gasteiger charge is 2.45. The van der Waals surface area contributed by atoms with Crippen LogP contribution in [-0.2, 0) is 14.8 Å². The maximum absolute atomic E-state index is 14.3. The number of fused-ring (bicyclic) bond motifs is 1. The number of hydrogen-bond donors (Lipinski definition) is 1. The van der Waals surface area contributed by atoms with Crippen molar-refractivity contribution in [2.24, 2.45) is 5.41 Å². The number of nitrogens with one attached hydrogen (secondary N) is 1. The lowest BCUT2D eigenvalue weighted by Gasteiger charge is -2.37. The van der Waals surface area contributed by atoms with Gasteiger partial charge in [0.2, 0.25) is 0 Å². The number of carbonyl (C=O) groups excluding carboxylic acids is 1. The Morgan fingerprint density at radius 1 is 0.857 bits per heavy atom. The van der Waals surface area contributed by atoms with E-state index in [2.05, 4.69) is 19.2 Å². The van der Waals surface area contributed by atoms with Crippen LogP contribution in [0.4, 0.5) is 11.4 Å². The number of para-hydroxylation sites is 2. The Hall–Kier alpha value is -3.38. The third-order valence-corrected chi connectivity index (χ3v) is 8.62. The summed E-state index contributed by atoms with van der Waals surface area (Å²) in [5.74, 6) is -0.0220. The first kappa shape index (κ1) is 23.4. The minimum Gasteiger partial charge on any atom is -0.357 e. The third-order valence-electron chi connectivity index (χ3n) is 6.83. The molecule has 180 valence electrons. The van der Waals surface area contributed by atoms with Crippen molar-refractivity contribution >= 4 is 27.2 Å². The summed E-state index contributed by atoms with van der Waals surface area (Å²) >= 11 is 0. The molecule has 0 radical (unpaired) electrons. The van der Waals surface area contributed by atoms with Gasteiger partial charge in [-0.15, -0.1) is 0 Å². The SMILES string of the molecule is Cc1ccc([C@H]2C3=C(CC(C)(C)CC3=O)Nc3ccccc3N2S(=O)(=O)c2ccc(C)cc2)cc1. The number of carbonyl (C=O) groups is 1. The number of rotatable bonds is 3. The molecule has 0 saturated heterocycles. The van der Waals surface area contributed by atoms with Crippen LogP contribution in [0.3, 0.4) is 0 Å². The second kappa shape index (κ2) is 8.38. The van der Waals surface area contributed by atoms with E-state index in [1.165, 1.54) is 4.31 Å². The quantitative estimate of drug-likeness (QED) is 0.471. The predicted molar refractivity (Wildman–Crippen MR) is 140 cm³/mol. The van der Waals surface area contributed by atoms with Crippen LogP contribution >= 0.6 is 0 Å². The van der Waals surface area contributed by atoms with Crippen LogP contribution in [0.5, 0.6) is 0 Å². The van der Waals surface area contributed by atoms with E-state index in [-0.39, 0.29) is 16.1 Å². The lowest BCUT2D eigenvalue weighted by molar-refractivity contribution is -0.118. The van der Waals surface area contributed by atoms with E-state index < -0.39 is 16.1 Å². The van der Waals surface area contributed by atoms with Gasteiger partial charge in [0.25, 0.3) is 10.0 Å². The Bertz CT molecular complexity index is 1440. The smallest absolute Gasteiger partial charge is 0.265 e. The molecule has 0 spiro atoms. The summed E-state index contributed by atoms with van der Waals surface area (Å²) in [7, 11) is -4.02. The molecule has 0 fully saturated rings. The molecule has 0 amide bonds. The summed E-state index contributed by atoms with van der Waals surface area (Å²) in [6, 6.07) is 21.3. The summed E-state index contributed by atoms with van der Waals surface area (Å²) in [5.41, 5.74) is 5.12. The van der Waals surface area contributed by atoms with E-state index in [0.29, 0.717) is 29.8 Å². The molecule has 3 aromatic rings. The molecule has 0 bridgehead atoms. The summed E-state index contributed by atoms with van der Waals surface area (Å²) in [6.45, 7) is 8.08. The molecule has 5 nitrogen and oxygen atoms in total. The molecule has 35 heavy (non-hydrogen) atoms. The van der Waals surface area contributed by atoms with E-state index >= 15 is 0 Å².